The molecule has 3 rings (SSSR count). The minimum absolute atomic E-state index is 0.0858. The molecule has 1 heterocycles. The van der Waals surface area contributed by atoms with E-state index in [-0.39, 0.29) is 23.1 Å². The second-order valence-electron chi connectivity index (χ2n) is 8.04. The van der Waals surface area contributed by atoms with Crippen LogP contribution in [0.25, 0.3) is 0 Å². The average Bonchev–Trinajstić information content (AvgIpc) is 2.75. The first-order valence-corrected chi connectivity index (χ1v) is 12.0. The number of likely N-dealkylation sites (N-methyl/N-ethyl adjacent to an activating group) is 1. The van der Waals surface area contributed by atoms with Gasteiger partial charge in [-0.15, -0.1) is 0 Å². The fourth-order valence-corrected chi connectivity index (χ4v) is 5.41. The van der Waals surface area contributed by atoms with Crippen LogP contribution in [-0.4, -0.2) is 57.3 Å². The zero-order valence-corrected chi connectivity index (χ0v) is 19.2. The fourth-order valence-electron chi connectivity index (χ4n) is 3.71. The van der Waals surface area contributed by atoms with Crippen molar-refractivity contribution in [2.45, 2.75) is 37.6 Å². The molecule has 0 atom stereocenters. The van der Waals surface area contributed by atoms with Gasteiger partial charge in [0.1, 0.15) is 10.6 Å². The Bertz CT molecular complexity index is 1000. The Kier molecular flexibility index (Phi) is 7.69. The number of ether oxygens (including phenoxy) is 1. The molecule has 1 N–H and O–H groups in total. The molecule has 0 aliphatic carbocycles. The van der Waals surface area contributed by atoms with Gasteiger partial charge in [-0.1, -0.05) is 36.2 Å². The summed E-state index contributed by atoms with van der Waals surface area (Å²) in [6, 6.07) is 12.9. The van der Waals surface area contributed by atoms with Crippen molar-refractivity contribution in [1.82, 2.24) is 9.21 Å². The van der Waals surface area contributed by atoms with E-state index >= 15 is 0 Å². The molecule has 0 unspecified atom stereocenters. The van der Waals surface area contributed by atoms with E-state index in [0.29, 0.717) is 25.3 Å². The molecule has 168 valence electrons. The molecule has 2 aromatic carbocycles. The zero-order valence-electron chi connectivity index (χ0n) is 18.4. The largest absolute Gasteiger partial charge is 0.495 e. The van der Waals surface area contributed by atoms with Gasteiger partial charge < -0.3 is 10.1 Å². The van der Waals surface area contributed by atoms with Crippen LogP contribution in [0.1, 0.15) is 30.4 Å². The maximum Gasteiger partial charge on any atom is 0.246 e. The van der Waals surface area contributed by atoms with Gasteiger partial charge >= 0.3 is 0 Å². The number of sulfonamides is 1. The second kappa shape index (κ2) is 10.3. The first-order valence-electron chi connectivity index (χ1n) is 10.5. The summed E-state index contributed by atoms with van der Waals surface area (Å²) in [6.07, 6.45) is 2.74. The van der Waals surface area contributed by atoms with Crippen molar-refractivity contribution < 1.29 is 17.9 Å². The standard InChI is InChI=1S/C23H31N3O4S/c1-18-7-9-19(10-8-18)16-25(2)17-23(27)24-20-11-12-21(30-3)22(15-20)31(28,29)26-13-5-4-6-14-26/h7-12,15H,4-6,13-14,16-17H2,1-3H3,(H,24,27). The van der Waals surface area contributed by atoms with Crippen LogP contribution in [0, 0.1) is 6.92 Å². The molecule has 0 saturated carbocycles. The number of hydrogen-bond acceptors (Lipinski definition) is 5. The molecule has 1 fully saturated rings. The molecule has 31 heavy (non-hydrogen) atoms. The molecule has 0 radical (unpaired) electrons. The van der Waals surface area contributed by atoms with Crippen LogP contribution in [0.5, 0.6) is 5.75 Å². The first-order chi connectivity index (χ1) is 14.8. The molecule has 0 spiro atoms. The summed E-state index contributed by atoms with van der Waals surface area (Å²) in [5.74, 6) is 0.0705. The Morgan fingerprint density at radius 3 is 2.42 bits per heavy atom. The van der Waals surface area contributed by atoms with Gasteiger partial charge in [-0.25, -0.2) is 8.42 Å². The Morgan fingerprint density at radius 2 is 1.77 bits per heavy atom. The summed E-state index contributed by atoms with van der Waals surface area (Å²) >= 11 is 0. The quantitative estimate of drug-likeness (QED) is 0.675. The number of piperidine rings is 1. The van der Waals surface area contributed by atoms with Gasteiger partial charge in [0.05, 0.1) is 13.7 Å². The Labute approximate surface area is 185 Å². The number of hydrogen-bond donors (Lipinski definition) is 1. The van der Waals surface area contributed by atoms with E-state index in [2.05, 4.69) is 5.32 Å². The fraction of sp³-hybridized carbons (Fsp3) is 0.435. The number of methoxy groups -OCH3 is 1. The number of carbonyl (C=O) groups excluding carboxylic acids is 1. The van der Waals surface area contributed by atoms with E-state index in [1.807, 2.05) is 43.1 Å². The van der Waals surface area contributed by atoms with Gasteiger partial charge in [0, 0.05) is 25.3 Å². The van der Waals surface area contributed by atoms with Crippen molar-refractivity contribution >= 4 is 21.6 Å². The minimum Gasteiger partial charge on any atom is -0.495 e. The van der Waals surface area contributed by atoms with Gasteiger partial charge in [-0.2, -0.15) is 4.31 Å². The third-order valence-electron chi connectivity index (χ3n) is 5.37. The Morgan fingerprint density at radius 1 is 1.10 bits per heavy atom. The highest BCUT2D eigenvalue weighted by atomic mass is 32.2. The Hall–Kier alpha value is -2.42. The molecular weight excluding hydrogens is 414 g/mol. The van der Waals surface area contributed by atoms with E-state index in [9.17, 15) is 13.2 Å². The summed E-state index contributed by atoms with van der Waals surface area (Å²) in [5.41, 5.74) is 2.75. The average molecular weight is 446 g/mol. The summed E-state index contributed by atoms with van der Waals surface area (Å²) in [4.78, 5) is 14.5. The lowest BCUT2D eigenvalue weighted by Gasteiger charge is -2.26. The van der Waals surface area contributed by atoms with Crippen LogP contribution < -0.4 is 10.1 Å². The lowest BCUT2D eigenvalue weighted by molar-refractivity contribution is -0.117. The maximum atomic E-state index is 13.1. The van der Waals surface area contributed by atoms with Crippen LogP contribution >= 0.6 is 0 Å². The molecule has 1 saturated heterocycles. The molecule has 1 aliphatic rings. The van der Waals surface area contributed by atoms with Crippen molar-refractivity contribution in [3.8, 4) is 5.75 Å². The number of amides is 1. The van der Waals surface area contributed by atoms with Crippen LogP contribution in [0.4, 0.5) is 5.69 Å². The number of benzene rings is 2. The predicted molar refractivity (Wildman–Crippen MR) is 122 cm³/mol. The van der Waals surface area contributed by atoms with E-state index in [4.69, 9.17) is 4.74 Å². The summed E-state index contributed by atoms with van der Waals surface area (Å²) < 4.78 is 33.1. The smallest absolute Gasteiger partial charge is 0.246 e. The van der Waals surface area contributed by atoms with Crippen molar-refractivity contribution in [2.75, 3.05) is 39.1 Å². The number of nitrogens with zero attached hydrogens (tertiary/aromatic N) is 2. The van der Waals surface area contributed by atoms with E-state index in [0.717, 1.165) is 24.8 Å². The zero-order chi connectivity index (χ0) is 22.4. The number of aryl methyl sites for hydroxylation is 1. The van der Waals surface area contributed by atoms with Crippen LogP contribution in [0.15, 0.2) is 47.4 Å². The molecule has 2 aromatic rings. The third-order valence-corrected chi connectivity index (χ3v) is 7.29. The normalized spacial score (nSPS) is 15.1. The number of anilines is 1. The van der Waals surface area contributed by atoms with Gasteiger partial charge in [0.15, 0.2) is 0 Å². The van der Waals surface area contributed by atoms with Crippen molar-refractivity contribution in [3.05, 3.63) is 53.6 Å². The highest BCUT2D eigenvalue weighted by Gasteiger charge is 2.29. The van der Waals surface area contributed by atoms with Crippen molar-refractivity contribution in [3.63, 3.8) is 0 Å². The SMILES string of the molecule is COc1ccc(NC(=O)CN(C)Cc2ccc(C)cc2)cc1S(=O)(=O)N1CCCCC1. The van der Waals surface area contributed by atoms with Gasteiger partial charge in [-0.05, 0) is 50.6 Å². The molecule has 0 bridgehead atoms. The molecule has 7 nitrogen and oxygen atoms in total. The van der Waals surface area contributed by atoms with Gasteiger partial charge in [0.25, 0.3) is 0 Å². The molecule has 0 aromatic heterocycles. The van der Waals surface area contributed by atoms with Crippen molar-refractivity contribution in [2.24, 2.45) is 0 Å². The topological polar surface area (TPSA) is 79.0 Å². The highest BCUT2D eigenvalue weighted by Crippen LogP contribution is 2.31. The number of carbonyl (C=O) groups is 1. The van der Waals surface area contributed by atoms with Crippen molar-refractivity contribution in [1.29, 1.82) is 0 Å². The minimum atomic E-state index is -3.68. The lowest BCUT2D eigenvalue weighted by Crippen LogP contribution is -2.35. The summed E-state index contributed by atoms with van der Waals surface area (Å²) in [7, 11) is -0.362. The van der Waals surface area contributed by atoms with Crippen LogP contribution in [0.2, 0.25) is 0 Å². The van der Waals surface area contributed by atoms with Crippen LogP contribution in [0.3, 0.4) is 0 Å². The molecular formula is C23H31N3O4S. The predicted octanol–water partition coefficient (Wildman–Crippen LogP) is 3.25. The number of rotatable bonds is 8. The van der Waals surface area contributed by atoms with E-state index in [1.165, 1.54) is 23.0 Å². The molecule has 1 aliphatic heterocycles. The third kappa shape index (κ3) is 6.06. The van der Waals surface area contributed by atoms with E-state index < -0.39 is 10.0 Å². The summed E-state index contributed by atoms with van der Waals surface area (Å²) in [6.45, 7) is 3.88. The molecule has 1 amide bonds. The first kappa shape index (κ1) is 23.2. The highest BCUT2D eigenvalue weighted by molar-refractivity contribution is 7.89. The summed E-state index contributed by atoms with van der Waals surface area (Å²) in [5, 5.41) is 2.82. The molecule has 8 heteroatoms. The van der Waals surface area contributed by atoms with E-state index in [1.54, 1.807) is 12.1 Å². The lowest BCUT2D eigenvalue weighted by atomic mass is 10.1. The van der Waals surface area contributed by atoms with Gasteiger partial charge in [0.2, 0.25) is 15.9 Å². The monoisotopic (exact) mass is 445 g/mol. The second-order valence-corrected chi connectivity index (χ2v) is 9.94. The number of nitrogens with one attached hydrogen (secondary N) is 1. The van der Waals surface area contributed by atoms with Crippen LogP contribution in [-0.2, 0) is 21.4 Å². The Balaban J connectivity index is 1.69. The van der Waals surface area contributed by atoms with Gasteiger partial charge in [-0.3, -0.25) is 9.69 Å². The maximum absolute atomic E-state index is 13.1.